The molecular weight excluding hydrogens is 268 g/mol. The Morgan fingerprint density at radius 1 is 1.10 bits per heavy atom. The molecule has 1 aromatic carbocycles. The zero-order chi connectivity index (χ0) is 14.4. The Morgan fingerprint density at radius 2 is 1.86 bits per heavy atom. The smallest absolute Gasteiger partial charge is 0.248 e. The SMILES string of the molecule is COc1ccc(-n2nc(C)c3c4nccnc4oc32)cc1. The number of hydrogen-bond donors (Lipinski definition) is 0. The van der Waals surface area contributed by atoms with E-state index in [0.717, 1.165) is 28.0 Å². The van der Waals surface area contributed by atoms with Crippen LogP contribution in [-0.4, -0.2) is 26.9 Å². The molecule has 3 heterocycles. The minimum absolute atomic E-state index is 0.523. The first kappa shape index (κ1) is 11.9. The zero-order valence-electron chi connectivity index (χ0n) is 11.6. The van der Waals surface area contributed by atoms with Crippen LogP contribution in [0.2, 0.25) is 0 Å². The van der Waals surface area contributed by atoms with Gasteiger partial charge in [-0.05, 0) is 31.2 Å². The zero-order valence-corrected chi connectivity index (χ0v) is 11.6. The number of rotatable bonds is 2. The van der Waals surface area contributed by atoms with Crippen molar-refractivity contribution in [2.24, 2.45) is 0 Å². The summed E-state index contributed by atoms with van der Waals surface area (Å²) >= 11 is 0. The molecule has 6 heteroatoms. The quantitative estimate of drug-likeness (QED) is 0.565. The summed E-state index contributed by atoms with van der Waals surface area (Å²) in [6, 6.07) is 7.63. The van der Waals surface area contributed by atoms with Gasteiger partial charge in [-0.15, -0.1) is 0 Å². The molecule has 0 N–H and O–H groups in total. The summed E-state index contributed by atoms with van der Waals surface area (Å²) in [6.45, 7) is 1.94. The van der Waals surface area contributed by atoms with E-state index in [0.29, 0.717) is 11.4 Å². The second kappa shape index (κ2) is 4.31. The van der Waals surface area contributed by atoms with Gasteiger partial charge >= 0.3 is 0 Å². The Labute approximate surface area is 120 Å². The molecule has 21 heavy (non-hydrogen) atoms. The van der Waals surface area contributed by atoms with Gasteiger partial charge in [0.25, 0.3) is 0 Å². The van der Waals surface area contributed by atoms with Crippen molar-refractivity contribution >= 4 is 22.3 Å². The molecule has 0 unspecified atom stereocenters. The highest BCUT2D eigenvalue weighted by molar-refractivity contribution is 6.01. The third-order valence-corrected chi connectivity index (χ3v) is 3.43. The molecule has 4 aromatic rings. The first-order valence-corrected chi connectivity index (χ1v) is 6.51. The predicted octanol–water partition coefficient (Wildman–Crippen LogP) is 2.88. The van der Waals surface area contributed by atoms with Crippen LogP contribution in [0.3, 0.4) is 0 Å². The maximum atomic E-state index is 5.81. The van der Waals surface area contributed by atoms with Gasteiger partial charge in [-0.1, -0.05) is 0 Å². The van der Waals surface area contributed by atoms with E-state index in [9.17, 15) is 0 Å². The Hall–Kier alpha value is -2.89. The molecule has 3 aromatic heterocycles. The highest BCUT2D eigenvalue weighted by Crippen LogP contribution is 2.30. The van der Waals surface area contributed by atoms with Crippen molar-refractivity contribution in [1.82, 2.24) is 19.7 Å². The van der Waals surface area contributed by atoms with Gasteiger partial charge in [0.2, 0.25) is 11.4 Å². The maximum absolute atomic E-state index is 5.81. The first-order chi connectivity index (χ1) is 10.3. The lowest BCUT2D eigenvalue weighted by Crippen LogP contribution is -1.96. The normalized spacial score (nSPS) is 11.3. The number of methoxy groups -OCH3 is 1. The lowest BCUT2D eigenvalue weighted by Gasteiger charge is -2.03. The number of benzene rings is 1. The van der Waals surface area contributed by atoms with Gasteiger partial charge < -0.3 is 9.15 Å². The van der Waals surface area contributed by atoms with Crippen LogP contribution in [0, 0.1) is 6.92 Å². The predicted molar refractivity (Wildman–Crippen MR) is 77.7 cm³/mol. The van der Waals surface area contributed by atoms with E-state index >= 15 is 0 Å². The van der Waals surface area contributed by atoms with Crippen molar-refractivity contribution < 1.29 is 9.15 Å². The molecule has 0 fully saturated rings. The van der Waals surface area contributed by atoms with Crippen LogP contribution >= 0.6 is 0 Å². The van der Waals surface area contributed by atoms with Crippen LogP contribution in [0.15, 0.2) is 41.1 Å². The van der Waals surface area contributed by atoms with Gasteiger partial charge in [-0.3, -0.25) is 0 Å². The van der Waals surface area contributed by atoms with Gasteiger partial charge in [-0.2, -0.15) is 9.78 Å². The minimum Gasteiger partial charge on any atom is -0.497 e. The molecule has 0 saturated heterocycles. The fraction of sp³-hybridized carbons (Fsp3) is 0.133. The number of aromatic nitrogens is 4. The van der Waals surface area contributed by atoms with E-state index in [1.54, 1.807) is 24.2 Å². The Balaban J connectivity index is 2.00. The summed E-state index contributed by atoms with van der Waals surface area (Å²) in [5.74, 6) is 0.798. The van der Waals surface area contributed by atoms with Crippen molar-refractivity contribution in [3.8, 4) is 11.4 Å². The average molecular weight is 280 g/mol. The van der Waals surface area contributed by atoms with E-state index in [2.05, 4.69) is 15.1 Å². The largest absolute Gasteiger partial charge is 0.497 e. The molecule has 104 valence electrons. The van der Waals surface area contributed by atoms with Gasteiger partial charge in [-0.25, -0.2) is 9.97 Å². The molecular formula is C15H12N4O2. The third-order valence-electron chi connectivity index (χ3n) is 3.43. The van der Waals surface area contributed by atoms with Crippen molar-refractivity contribution in [1.29, 1.82) is 0 Å². The first-order valence-electron chi connectivity index (χ1n) is 6.51. The van der Waals surface area contributed by atoms with E-state index in [4.69, 9.17) is 9.15 Å². The molecule has 0 saturated carbocycles. The molecule has 0 spiro atoms. The molecule has 0 radical (unpaired) electrons. The van der Waals surface area contributed by atoms with Crippen LogP contribution in [0.1, 0.15) is 5.69 Å². The molecule has 0 aliphatic rings. The van der Waals surface area contributed by atoms with Crippen LogP contribution < -0.4 is 4.74 Å². The molecule has 4 rings (SSSR count). The summed E-state index contributed by atoms with van der Waals surface area (Å²) in [4.78, 5) is 8.54. The summed E-state index contributed by atoms with van der Waals surface area (Å²) in [5.41, 5.74) is 3.67. The molecule has 0 aliphatic heterocycles. The van der Waals surface area contributed by atoms with E-state index < -0.39 is 0 Å². The second-order valence-corrected chi connectivity index (χ2v) is 4.69. The number of ether oxygens (including phenoxy) is 1. The highest BCUT2D eigenvalue weighted by atomic mass is 16.5. The summed E-state index contributed by atoms with van der Waals surface area (Å²) < 4.78 is 12.7. The highest BCUT2D eigenvalue weighted by Gasteiger charge is 2.18. The number of nitrogens with zero attached hydrogens (tertiary/aromatic N) is 4. The Bertz CT molecular complexity index is 938. The van der Waals surface area contributed by atoms with Crippen molar-refractivity contribution in [3.05, 3.63) is 42.4 Å². The summed E-state index contributed by atoms with van der Waals surface area (Å²) in [7, 11) is 1.64. The molecule has 6 nitrogen and oxygen atoms in total. The Morgan fingerprint density at radius 3 is 2.62 bits per heavy atom. The monoisotopic (exact) mass is 280 g/mol. The van der Waals surface area contributed by atoms with Crippen LogP contribution in [0.4, 0.5) is 0 Å². The number of furan rings is 1. The fourth-order valence-electron chi connectivity index (χ4n) is 2.43. The maximum Gasteiger partial charge on any atom is 0.248 e. The number of aryl methyl sites for hydroxylation is 1. The molecule has 0 aliphatic carbocycles. The Kier molecular flexibility index (Phi) is 2.44. The summed E-state index contributed by atoms with van der Waals surface area (Å²) in [5, 5.41) is 5.44. The van der Waals surface area contributed by atoms with E-state index in [1.807, 2.05) is 31.2 Å². The summed E-state index contributed by atoms with van der Waals surface area (Å²) in [6.07, 6.45) is 3.27. The van der Waals surface area contributed by atoms with Crippen LogP contribution in [0.25, 0.3) is 28.0 Å². The molecule has 0 bridgehead atoms. The standard InChI is InChI=1S/C15H12N4O2/c1-9-12-13-14(17-8-7-16-13)21-15(12)19(18-9)10-3-5-11(20-2)6-4-10/h3-8H,1-2H3. The van der Waals surface area contributed by atoms with E-state index in [1.165, 1.54) is 0 Å². The fourth-order valence-corrected chi connectivity index (χ4v) is 2.43. The van der Waals surface area contributed by atoms with Gasteiger partial charge in [0.1, 0.15) is 11.3 Å². The van der Waals surface area contributed by atoms with Gasteiger partial charge in [0.05, 0.1) is 23.9 Å². The van der Waals surface area contributed by atoms with Crippen molar-refractivity contribution in [2.45, 2.75) is 6.92 Å². The average Bonchev–Trinajstić information content (AvgIpc) is 3.05. The number of fused-ring (bicyclic) bond motifs is 3. The lowest BCUT2D eigenvalue weighted by atomic mass is 10.3. The topological polar surface area (TPSA) is 66.0 Å². The second-order valence-electron chi connectivity index (χ2n) is 4.69. The lowest BCUT2D eigenvalue weighted by molar-refractivity contribution is 0.414. The number of hydrogen-bond acceptors (Lipinski definition) is 5. The van der Waals surface area contributed by atoms with Crippen LogP contribution in [0.5, 0.6) is 5.75 Å². The van der Waals surface area contributed by atoms with Gasteiger partial charge in [0, 0.05) is 12.4 Å². The van der Waals surface area contributed by atoms with Gasteiger partial charge in [0.15, 0.2) is 0 Å². The van der Waals surface area contributed by atoms with Crippen molar-refractivity contribution in [2.75, 3.05) is 7.11 Å². The molecule has 0 amide bonds. The van der Waals surface area contributed by atoms with E-state index in [-0.39, 0.29) is 0 Å². The van der Waals surface area contributed by atoms with Crippen LogP contribution in [-0.2, 0) is 0 Å². The van der Waals surface area contributed by atoms with Crippen molar-refractivity contribution in [3.63, 3.8) is 0 Å². The third kappa shape index (κ3) is 1.69. The molecule has 0 atom stereocenters. The minimum atomic E-state index is 0.523.